The molecule has 0 aliphatic carbocycles. The molecule has 1 aromatic carbocycles. The molecule has 1 N–H and O–H groups in total. The van der Waals surface area contributed by atoms with Crippen LogP contribution >= 0.6 is 0 Å². The molecule has 96 valence electrons. The second-order valence-electron chi connectivity index (χ2n) is 4.80. The number of rotatable bonds is 4. The Kier molecular flexibility index (Phi) is 4.34. The minimum Gasteiger partial charge on any atom is -0.394 e. The Labute approximate surface area is 109 Å². The summed E-state index contributed by atoms with van der Waals surface area (Å²) in [7, 11) is 0. The molecule has 0 radical (unpaired) electrons. The Morgan fingerprint density at radius 3 is 2.78 bits per heavy atom. The highest BCUT2D eigenvalue weighted by Crippen LogP contribution is 2.29. The van der Waals surface area contributed by atoms with Gasteiger partial charge >= 0.3 is 0 Å². The minimum atomic E-state index is 0.0362. The fraction of sp³-hybridized carbons (Fsp3) is 0.375. The van der Waals surface area contributed by atoms with Crippen molar-refractivity contribution in [2.45, 2.75) is 31.5 Å². The van der Waals surface area contributed by atoms with E-state index in [1.807, 2.05) is 24.3 Å². The van der Waals surface area contributed by atoms with E-state index in [4.69, 9.17) is 0 Å². The maximum Gasteiger partial charge on any atom is 0.0629 e. The molecule has 1 aliphatic rings. The van der Waals surface area contributed by atoms with E-state index in [1.165, 1.54) is 0 Å². The standard InChI is InChI=1S/C16H21NO/c1-3-15-11-7-8-13(2)17(15)16(12-18)14-9-5-4-6-10-14/h3-7,9-11,13,15-16,18H,1,8,12H2,2H3/t13-,15-,16-/m0/s1. The summed E-state index contributed by atoms with van der Waals surface area (Å²) in [5, 5.41) is 9.76. The molecule has 0 aromatic heterocycles. The molecule has 0 spiro atoms. The van der Waals surface area contributed by atoms with Crippen LogP contribution in [0.4, 0.5) is 0 Å². The summed E-state index contributed by atoms with van der Waals surface area (Å²) in [4.78, 5) is 2.34. The predicted molar refractivity (Wildman–Crippen MR) is 75.3 cm³/mol. The molecule has 2 nitrogen and oxygen atoms in total. The van der Waals surface area contributed by atoms with Crippen LogP contribution in [0.5, 0.6) is 0 Å². The number of hydrogen-bond donors (Lipinski definition) is 1. The van der Waals surface area contributed by atoms with Gasteiger partial charge in [0.15, 0.2) is 0 Å². The van der Waals surface area contributed by atoms with E-state index in [0.29, 0.717) is 6.04 Å². The summed E-state index contributed by atoms with van der Waals surface area (Å²) < 4.78 is 0. The van der Waals surface area contributed by atoms with Gasteiger partial charge in [-0.15, -0.1) is 6.58 Å². The lowest BCUT2D eigenvalue weighted by Crippen LogP contribution is -2.45. The number of aliphatic hydroxyl groups is 1. The Morgan fingerprint density at radius 2 is 2.17 bits per heavy atom. The highest BCUT2D eigenvalue weighted by Gasteiger charge is 2.29. The fourth-order valence-electron chi connectivity index (χ4n) is 2.69. The lowest BCUT2D eigenvalue weighted by Gasteiger charge is -2.41. The van der Waals surface area contributed by atoms with E-state index >= 15 is 0 Å². The summed E-state index contributed by atoms with van der Waals surface area (Å²) in [5.41, 5.74) is 1.16. The maximum absolute atomic E-state index is 9.76. The number of benzene rings is 1. The molecule has 2 rings (SSSR count). The first-order valence-corrected chi connectivity index (χ1v) is 6.50. The van der Waals surface area contributed by atoms with Gasteiger partial charge < -0.3 is 5.11 Å². The first-order chi connectivity index (χ1) is 8.77. The summed E-state index contributed by atoms with van der Waals surface area (Å²) in [6, 6.07) is 10.8. The summed E-state index contributed by atoms with van der Waals surface area (Å²) in [6.45, 7) is 6.24. The van der Waals surface area contributed by atoms with Crippen LogP contribution in [0.25, 0.3) is 0 Å². The SMILES string of the molecule is C=C[C@H]1C=CC[C@H](C)N1[C@@H](CO)c1ccccc1. The Hall–Kier alpha value is -1.38. The average Bonchev–Trinajstić information content (AvgIpc) is 2.42. The second kappa shape index (κ2) is 5.98. The van der Waals surface area contributed by atoms with Crippen LogP contribution in [-0.2, 0) is 0 Å². The molecule has 0 bridgehead atoms. The molecule has 0 fully saturated rings. The topological polar surface area (TPSA) is 23.5 Å². The third-order valence-electron chi connectivity index (χ3n) is 3.62. The molecule has 0 saturated carbocycles. The second-order valence-corrected chi connectivity index (χ2v) is 4.80. The Balaban J connectivity index is 2.31. The molecule has 0 saturated heterocycles. The third kappa shape index (κ3) is 2.55. The van der Waals surface area contributed by atoms with Crippen molar-refractivity contribution in [3.63, 3.8) is 0 Å². The lowest BCUT2D eigenvalue weighted by atomic mass is 9.96. The van der Waals surface area contributed by atoms with Gasteiger partial charge in [-0.25, -0.2) is 0 Å². The van der Waals surface area contributed by atoms with Crippen LogP contribution in [-0.4, -0.2) is 28.7 Å². The largest absolute Gasteiger partial charge is 0.394 e. The van der Waals surface area contributed by atoms with Crippen LogP contribution in [0.2, 0.25) is 0 Å². The maximum atomic E-state index is 9.76. The van der Waals surface area contributed by atoms with E-state index < -0.39 is 0 Å². The van der Waals surface area contributed by atoms with Gasteiger partial charge in [0.05, 0.1) is 12.6 Å². The van der Waals surface area contributed by atoms with Crippen molar-refractivity contribution in [3.05, 3.63) is 60.7 Å². The molecule has 2 heteroatoms. The number of nitrogens with zero attached hydrogens (tertiary/aromatic N) is 1. The van der Waals surface area contributed by atoms with Crippen LogP contribution < -0.4 is 0 Å². The highest BCUT2D eigenvalue weighted by atomic mass is 16.3. The van der Waals surface area contributed by atoms with Gasteiger partial charge in [-0.1, -0.05) is 48.6 Å². The molecule has 1 heterocycles. The molecule has 0 amide bonds. The van der Waals surface area contributed by atoms with Crippen molar-refractivity contribution in [1.29, 1.82) is 0 Å². The van der Waals surface area contributed by atoms with E-state index in [0.717, 1.165) is 12.0 Å². The molecule has 1 aliphatic heterocycles. The van der Waals surface area contributed by atoms with Crippen molar-refractivity contribution in [2.24, 2.45) is 0 Å². The smallest absolute Gasteiger partial charge is 0.0629 e. The first kappa shape index (κ1) is 13.1. The van der Waals surface area contributed by atoms with E-state index in [2.05, 4.69) is 42.7 Å². The molecule has 0 unspecified atom stereocenters. The quantitative estimate of drug-likeness (QED) is 0.822. The number of aliphatic hydroxyl groups excluding tert-OH is 1. The summed E-state index contributed by atoms with van der Waals surface area (Å²) in [5.74, 6) is 0. The van der Waals surface area contributed by atoms with Gasteiger partial charge in [0.25, 0.3) is 0 Å². The van der Waals surface area contributed by atoms with Crippen LogP contribution in [0.3, 0.4) is 0 Å². The highest BCUT2D eigenvalue weighted by molar-refractivity contribution is 5.22. The van der Waals surface area contributed by atoms with Crippen molar-refractivity contribution in [1.82, 2.24) is 4.90 Å². The van der Waals surface area contributed by atoms with Gasteiger partial charge in [-0.2, -0.15) is 0 Å². The molecular weight excluding hydrogens is 222 g/mol. The fourth-order valence-corrected chi connectivity index (χ4v) is 2.69. The Morgan fingerprint density at radius 1 is 1.44 bits per heavy atom. The van der Waals surface area contributed by atoms with Crippen LogP contribution in [0.15, 0.2) is 55.1 Å². The first-order valence-electron chi connectivity index (χ1n) is 6.50. The van der Waals surface area contributed by atoms with Gasteiger partial charge in [-0.3, -0.25) is 4.90 Å². The van der Waals surface area contributed by atoms with Crippen molar-refractivity contribution >= 4 is 0 Å². The third-order valence-corrected chi connectivity index (χ3v) is 3.62. The summed E-state index contributed by atoms with van der Waals surface area (Å²) >= 11 is 0. The van der Waals surface area contributed by atoms with Gasteiger partial charge in [0.2, 0.25) is 0 Å². The van der Waals surface area contributed by atoms with Crippen LogP contribution in [0, 0.1) is 0 Å². The average molecular weight is 243 g/mol. The van der Waals surface area contributed by atoms with E-state index in [9.17, 15) is 5.11 Å². The number of hydrogen-bond acceptors (Lipinski definition) is 2. The van der Waals surface area contributed by atoms with Gasteiger partial charge in [-0.05, 0) is 18.9 Å². The van der Waals surface area contributed by atoms with E-state index in [-0.39, 0.29) is 18.7 Å². The summed E-state index contributed by atoms with van der Waals surface area (Å²) in [6.07, 6.45) is 7.33. The molecule has 1 aromatic rings. The zero-order valence-electron chi connectivity index (χ0n) is 10.9. The van der Waals surface area contributed by atoms with Gasteiger partial charge in [0, 0.05) is 12.1 Å². The molecule has 18 heavy (non-hydrogen) atoms. The zero-order chi connectivity index (χ0) is 13.0. The molecular formula is C16H21NO. The lowest BCUT2D eigenvalue weighted by molar-refractivity contribution is 0.0744. The van der Waals surface area contributed by atoms with Crippen molar-refractivity contribution in [2.75, 3.05) is 6.61 Å². The molecule has 3 atom stereocenters. The zero-order valence-corrected chi connectivity index (χ0v) is 10.9. The van der Waals surface area contributed by atoms with Crippen molar-refractivity contribution in [3.8, 4) is 0 Å². The van der Waals surface area contributed by atoms with Crippen molar-refractivity contribution < 1.29 is 5.11 Å². The Bertz CT molecular complexity index is 412. The van der Waals surface area contributed by atoms with Gasteiger partial charge in [0.1, 0.15) is 0 Å². The monoisotopic (exact) mass is 243 g/mol. The minimum absolute atomic E-state index is 0.0362. The van der Waals surface area contributed by atoms with Crippen LogP contribution in [0.1, 0.15) is 24.9 Å². The van der Waals surface area contributed by atoms with E-state index in [1.54, 1.807) is 0 Å². The predicted octanol–water partition coefficient (Wildman–Crippen LogP) is 2.93. The normalized spacial score (nSPS) is 25.9.